The molecule has 1 aromatic carbocycles. The third-order valence-electron chi connectivity index (χ3n) is 2.99. The maximum Gasteiger partial charge on any atom is 0.408 e. The van der Waals surface area contributed by atoms with Gasteiger partial charge in [-0.2, -0.15) is 0 Å². The molecule has 0 radical (unpaired) electrons. The highest BCUT2D eigenvalue weighted by Gasteiger charge is 2.17. The summed E-state index contributed by atoms with van der Waals surface area (Å²) >= 11 is 1.32. The number of rotatable bonds is 5. The quantitative estimate of drug-likeness (QED) is 0.745. The van der Waals surface area contributed by atoms with Gasteiger partial charge in [-0.25, -0.2) is 4.79 Å². The number of para-hydroxylation sites is 2. The van der Waals surface area contributed by atoms with E-state index in [-0.39, 0.29) is 12.5 Å². The minimum Gasteiger partial charge on any atom is -0.444 e. The molecule has 1 aromatic heterocycles. The Hall–Kier alpha value is -2.87. The van der Waals surface area contributed by atoms with E-state index in [0.29, 0.717) is 16.3 Å². The second-order valence-electron chi connectivity index (χ2n) is 6.38. The van der Waals surface area contributed by atoms with Crippen LogP contribution in [0.2, 0.25) is 0 Å². The smallest absolute Gasteiger partial charge is 0.408 e. The first-order valence-corrected chi connectivity index (χ1v) is 8.83. The summed E-state index contributed by atoms with van der Waals surface area (Å²) < 4.78 is 5.07. The van der Waals surface area contributed by atoms with Gasteiger partial charge in [-0.1, -0.05) is 18.2 Å². The zero-order valence-electron chi connectivity index (χ0n) is 14.8. The Bertz CT molecular complexity index is 782. The number of hydrogen-bond donors (Lipinski definition) is 3. The van der Waals surface area contributed by atoms with Crippen LogP contribution in [0.15, 0.2) is 41.8 Å². The van der Waals surface area contributed by atoms with Crippen molar-refractivity contribution in [2.75, 3.05) is 17.2 Å². The van der Waals surface area contributed by atoms with E-state index < -0.39 is 17.6 Å². The largest absolute Gasteiger partial charge is 0.444 e. The molecule has 0 spiro atoms. The minimum absolute atomic E-state index is 0.248. The van der Waals surface area contributed by atoms with Gasteiger partial charge in [-0.05, 0) is 44.4 Å². The Morgan fingerprint density at radius 3 is 2.23 bits per heavy atom. The molecule has 3 N–H and O–H groups in total. The second kappa shape index (κ2) is 8.48. The molecule has 2 rings (SSSR count). The number of anilines is 2. The molecule has 3 amide bonds. The summed E-state index contributed by atoms with van der Waals surface area (Å²) in [7, 11) is 0. The summed E-state index contributed by atoms with van der Waals surface area (Å²) in [5.41, 5.74) is 0.268. The van der Waals surface area contributed by atoms with E-state index in [1.807, 2.05) is 5.38 Å². The molecule has 26 heavy (non-hydrogen) atoms. The van der Waals surface area contributed by atoms with Crippen molar-refractivity contribution in [2.24, 2.45) is 0 Å². The van der Waals surface area contributed by atoms with Gasteiger partial charge < -0.3 is 20.7 Å². The molecule has 2 aromatic rings. The first kappa shape index (κ1) is 19.5. The third kappa shape index (κ3) is 6.21. The van der Waals surface area contributed by atoms with Crippen LogP contribution in [0.3, 0.4) is 0 Å². The van der Waals surface area contributed by atoms with E-state index in [4.69, 9.17) is 4.74 Å². The van der Waals surface area contributed by atoms with Gasteiger partial charge >= 0.3 is 6.09 Å². The number of thiophene rings is 1. The fraction of sp³-hybridized carbons (Fsp3) is 0.278. The van der Waals surface area contributed by atoms with Crippen LogP contribution >= 0.6 is 11.3 Å². The van der Waals surface area contributed by atoms with Gasteiger partial charge in [0.25, 0.3) is 5.91 Å². The lowest BCUT2D eigenvalue weighted by atomic mass is 10.2. The van der Waals surface area contributed by atoms with Crippen LogP contribution in [-0.2, 0) is 9.53 Å². The number of carbonyl (C=O) groups is 3. The molecule has 0 unspecified atom stereocenters. The number of amides is 3. The number of ether oxygens (including phenoxy) is 1. The van der Waals surface area contributed by atoms with E-state index >= 15 is 0 Å². The molecule has 0 aliphatic heterocycles. The molecule has 8 heteroatoms. The standard InChI is InChI=1S/C18H21N3O4S/c1-18(2,3)25-17(24)19-11-15(22)20-12-7-4-5-8-13(12)21-16(23)14-9-6-10-26-14/h4-10H,11H2,1-3H3,(H,19,24)(H,20,22)(H,21,23). The summed E-state index contributed by atoms with van der Waals surface area (Å²) in [5.74, 6) is -0.692. The Morgan fingerprint density at radius 1 is 1.00 bits per heavy atom. The van der Waals surface area contributed by atoms with Crippen LogP contribution in [0.5, 0.6) is 0 Å². The first-order chi connectivity index (χ1) is 12.2. The molecule has 0 aliphatic rings. The minimum atomic E-state index is -0.674. The molecule has 0 fully saturated rings. The molecular weight excluding hydrogens is 354 g/mol. The molecule has 0 bridgehead atoms. The Labute approximate surface area is 155 Å². The summed E-state index contributed by atoms with van der Waals surface area (Å²) in [5, 5.41) is 9.61. The van der Waals surface area contributed by atoms with Crippen LogP contribution in [0.4, 0.5) is 16.2 Å². The molecular formula is C18H21N3O4S. The van der Waals surface area contributed by atoms with E-state index in [1.54, 1.807) is 57.2 Å². The van der Waals surface area contributed by atoms with Crippen molar-refractivity contribution in [3.63, 3.8) is 0 Å². The molecule has 0 aliphatic carbocycles. The van der Waals surface area contributed by atoms with Gasteiger partial charge in [0.05, 0.1) is 16.3 Å². The van der Waals surface area contributed by atoms with Crippen molar-refractivity contribution in [1.82, 2.24) is 5.32 Å². The van der Waals surface area contributed by atoms with Gasteiger partial charge in [-0.3, -0.25) is 9.59 Å². The van der Waals surface area contributed by atoms with Gasteiger partial charge in [0.2, 0.25) is 5.91 Å². The van der Waals surface area contributed by atoms with E-state index in [1.165, 1.54) is 11.3 Å². The van der Waals surface area contributed by atoms with Crippen LogP contribution in [0.25, 0.3) is 0 Å². The average Bonchev–Trinajstić information content (AvgIpc) is 3.08. The predicted octanol–water partition coefficient (Wildman–Crippen LogP) is 3.46. The van der Waals surface area contributed by atoms with E-state index in [9.17, 15) is 14.4 Å². The zero-order chi connectivity index (χ0) is 19.2. The van der Waals surface area contributed by atoms with Crippen molar-refractivity contribution in [1.29, 1.82) is 0 Å². The van der Waals surface area contributed by atoms with Crippen molar-refractivity contribution >= 4 is 40.6 Å². The topological polar surface area (TPSA) is 96.5 Å². The van der Waals surface area contributed by atoms with Crippen LogP contribution < -0.4 is 16.0 Å². The van der Waals surface area contributed by atoms with Gasteiger partial charge in [-0.15, -0.1) is 11.3 Å². The third-order valence-corrected chi connectivity index (χ3v) is 3.86. The molecule has 1 heterocycles. The molecule has 0 atom stereocenters. The average molecular weight is 375 g/mol. The van der Waals surface area contributed by atoms with E-state index in [2.05, 4.69) is 16.0 Å². The summed E-state index contributed by atoms with van der Waals surface area (Å²) in [6, 6.07) is 10.3. The first-order valence-electron chi connectivity index (χ1n) is 7.95. The highest BCUT2D eigenvalue weighted by Crippen LogP contribution is 2.22. The summed E-state index contributed by atoms with van der Waals surface area (Å²) in [4.78, 5) is 36.4. The van der Waals surface area contributed by atoms with Crippen molar-refractivity contribution in [3.8, 4) is 0 Å². The highest BCUT2D eigenvalue weighted by atomic mass is 32.1. The predicted molar refractivity (Wildman–Crippen MR) is 102 cm³/mol. The van der Waals surface area contributed by atoms with Crippen molar-refractivity contribution in [3.05, 3.63) is 46.7 Å². The number of nitrogens with one attached hydrogen (secondary N) is 3. The van der Waals surface area contributed by atoms with Crippen LogP contribution in [-0.4, -0.2) is 30.1 Å². The van der Waals surface area contributed by atoms with Crippen LogP contribution in [0, 0.1) is 0 Å². The number of hydrogen-bond acceptors (Lipinski definition) is 5. The number of benzene rings is 1. The maximum absolute atomic E-state index is 12.2. The molecule has 138 valence electrons. The fourth-order valence-corrected chi connectivity index (χ4v) is 2.57. The molecule has 0 saturated heterocycles. The lowest BCUT2D eigenvalue weighted by Crippen LogP contribution is -2.37. The maximum atomic E-state index is 12.2. The lowest BCUT2D eigenvalue weighted by Gasteiger charge is -2.19. The Balaban J connectivity index is 1.94. The Morgan fingerprint density at radius 2 is 1.65 bits per heavy atom. The lowest BCUT2D eigenvalue weighted by molar-refractivity contribution is -0.115. The number of carbonyl (C=O) groups excluding carboxylic acids is 3. The van der Waals surface area contributed by atoms with E-state index in [0.717, 1.165) is 0 Å². The van der Waals surface area contributed by atoms with Crippen molar-refractivity contribution < 1.29 is 19.1 Å². The summed E-state index contributed by atoms with van der Waals surface area (Å²) in [6.45, 7) is 4.96. The Kier molecular flexibility index (Phi) is 6.35. The summed E-state index contributed by atoms with van der Waals surface area (Å²) in [6.07, 6.45) is -0.674. The van der Waals surface area contributed by atoms with Gasteiger partial charge in [0, 0.05) is 0 Å². The van der Waals surface area contributed by atoms with Crippen molar-refractivity contribution in [2.45, 2.75) is 26.4 Å². The molecule has 7 nitrogen and oxygen atoms in total. The zero-order valence-corrected chi connectivity index (χ0v) is 15.6. The highest BCUT2D eigenvalue weighted by molar-refractivity contribution is 7.12. The normalized spacial score (nSPS) is 10.7. The van der Waals surface area contributed by atoms with Crippen LogP contribution in [0.1, 0.15) is 30.4 Å². The molecule has 0 saturated carbocycles. The number of alkyl carbamates (subject to hydrolysis) is 1. The van der Waals surface area contributed by atoms with Gasteiger partial charge in [0.1, 0.15) is 12.1 Å². The second-order valence-corrected chi connectivity index (χ2v) is 7.33. The monoisotopic (exact) mass is 375 g/mol. The fourth-order valence-electron chi connectivity index (χ4n) is 1.95. The van der Waals surface area contributed by atoms with Gasteiger partial charge in [0.15, 0.2) is 0 Å². The SMILES string of the molecule is CC(C)(C)OC(=O)NCC(=O)Nc1ccccc1NC(=O)c1cccs1.